The number of hydrogen-bond acceptors (Lipinski definition) is 2. The Labute approximate surface area is 118 Å². The molecule has 3 heteroatoms. The smallest absolute Gasteiger partial charge is 0.124 e. The van der Waals surface area contributed by atoms with Gasteiger partial charge in [0.05, 0.1) is 0 Å². The summed E-state index contributed by atoms with van der Waals surface area (Å²) in [6, 6.07) is 6.73. The highest BCUT2D eigenvalue weighted by Gasteiger charge is 2.29. The standard InChI is InChI=1S/C15H22BrNO/c1-4-7-17-13-9-15(10(2)3)18-14-6-5-11(16)8-12(13)14/h5-6,8,10,13,15,17H,4,7,9H2,1-3H3. The summed E-state index contributed by atoms with van der Waals surface area (Å²) in [6.07, 6.45) is 2.53. The van der Waals surface area contributed by atoms with E-state index in [0.29, 0.717) is 18.1 Å². The van der Waals surface area contributed by atoms with E-state index in [1.54, 1.807) is 0 Å². The molecule has 0 radical (unpaired) electrons. The Morgan fingerprint density at radius 2 is 2.22 bits per heavy atom. The van der Waals surface area contributed by atoms with Gasteiger partial charge in [-0.3, -0.25) is 0 Å². The molecule has 18 heavy (non-hydrogen) atoms. The van der Waals surface area contributed by atoms with Gasteiger partial charge < -0.3 is 10.1 Å². The van der Waals surface area contributed by atoms with E-state index in [1.165, 1.54) is 5.56 Å². The van der Waals surface area contributed by atoms with E-state index in [2.05, 4.69) is 60.2 Å². The molecule has 2 atom stereocenters. The highest BCUT2D eigenvalue weighted by molar-refractivity contribution is 9.10. The van der Waals surface area contributed by atoms with Crippen molar-refractivity contribution in [3.63, 3.8) is 0 Å². The number of hydrogen-bond donors (Lipinski definition) is 1. The third kappa shape index (κ3) is 3.07. The van der Waals surface area contributed by atoms with Crippen LogP contribution in [-0.2, 0) is 0 Å². The van der Waals surface area contributed by atoms with Crippen molar-refractivity contribution in [3.8, 4) is 5.75 Å². The van der Waals surface area contributed by atoms with Crippen molar-refractivity contribution < 1.29 is 4.74 Å². The summed E-state index contributed by atoms with van der Waals surface area (Å²) in [4.78, 5) is 0. The maximum atomic E-state index is 6.10. The van der Waals surface area contributed by atoms with Crippen LogP contribution in [-0.4, -0.2) is 12.6 Å². The summed E-state index contributed by atoms with van der Waals surface area (Å²) in [6.45, 7) is 7.71. The molecule has 0 amide bonds. The average Bonchev–Trinajstić information content (AvgIpc) is 2.35. The second-order valence-corrected chi connectivity index (χ2v) is 6.24. The molecule has 1 aliphatic heterocycles. The zero-order chi connectivity index (χ0) is 13.1. The van der Waals surface area contributed by atoms with E-state index in [4.69, 9.17) is 4.74 Å². The van der Waals surface area contributed by atoms with Crippen molar-refractivity contribution in [2.75, 3.05) is 6.54 Å². The van der Waals surface area contributed by atoms with Gasteiger partial charge in [0.2, 0.25) is 0 Å². The van der Waals surface area contributed by atoms with Crippen LogP contribution in [0, 0.1) is 5.92 Å². The highest BCUT2D eigenvalue weighted by Crippen LogP contribution is 2.38. The number of halogens is 1. The van der Waals surface area contributed by atoms with Crippen molar-refractivity contribution in [1.82, 2.24) is 5.32 Å². The zero-order valence-corrected chi connectivity index (χ0v) is 13.0. The Balaban J connectivity index is 2.25. The van der Waals surface area contributed by atoms with Crippen LogP contribution in [0.3, 0.4) is 0 Å². The summed E-state index contributed by atoms with van der Waals surface area (Å²) in [5.74, 6) is 1.59. The Kier molecular flexibility index (Phi) is 4.68. The van der Waals surface area contributed by atoms with E-state index >= 15 is 0 Å². The first-order valence-corrected chi connectivity index (χ1v) is 7.60. The molecular formula is C15H22BrNO. The van der Waals surface area contributed by atoms with Gasteiger partial charge in [0.15, 0.2) is 0 Å². The van der Waals surface area contributed by atoms with E-state index in [-0.39, 0.29) is 0 Å². The van der Waals surface area contributed by atoms with Crippen LogP contribution >= 0.6 is 15.9 Å². The summed E-state index contributed by atoms with van der Waals surface area (Å²) < 4.78 is 7.22. The van der Waals surface area contributed by atoms with Crippen molar-refractivity contribution >= 4 is 15.9 Å². The predicted molar refractivity (Wildman–Crippen MR) is 79.0 cm³/mol. The molecule has 0 saturated carbocycles. The minimum Gasteiger partial charge on any atom is -0.490 e. The number of nitrogens with one attached hydrogen (secondary N) is 1. The Bertz CT molecular complexity index is 405. The molecule has 2 unspecified atom stereocenters. The van der Waals surface area contributed by atoms with Crippen LogP contribution in [0.15, 0.2) is 22.7 Å². The van der Waals surface area contributed by atoms with E-state index < -0.39 is 0 Å². The molecule has 1 aromatic carbocycles. The van der Waals surface area contributed by atoms with Gasteiger partial charge in [-0.05, 0) is 37.1 Å². The van der Waals surface area contributed by atoms with Gasteiger partial charge in [-0.25, -0.2) is 0 Å². The van der Waals surface area contributed by atoms with Crippen molar-refractivity contribution in [2.45, 2.75) is 45.8 Å². The van der Waals surface area contributed by atoms with E-state index in [1.807, 2.05) is 0 Å². The van der Waals surface area contributed by atoms with E-state index in [9.17, 15) is 0 Å². The van der Waals surface area contributed by atoms with Crippen LogP contribution in [0.25, 0.3) is 0 Å². The summed E-state index contributed by atoms with van der Waals surface area (Å²) in [5.41, 5.74) is 1.29. The van der Waals surface area contributed by atoms with E-state index in [0.717, 1.165) is 29.6 Å². The summed E-state index contributed by atoms with van der Waals surface area (Å²) in [5, 5.41) is 3.64. The van der Waals surface area contributed by atoms with Gasteiger partial charge in [-0.15, -0.1) is 0 Å². The lowest BCUT2D eigenvalue weighted by molar-refractivity contribution is 0.107. The molecule has 0 aromatic heterocycles. The highest BCUT2D eigenvalue weighted by atomic mass is 79.9. The van der Waals surface area contributed by atoms with Crippen molar-refractivity contribution in [2.24, 2.45) is 5.92 Å². The minimum absolute atomic E-state index is 0.313. The molecule has 2 nitrogen and oxygen atoms in total. The fourth-order valence-corrected chi connectivity index (χ4v) is 2.77. The first kappa shape index (κ1) is 13.9. The minimum atomic E-state index is 0.313. The molecule has 1 N–H and O–H groups in total. The monoisotopic (exact) mass is 311 g/mol. The van der Waals surface area contributed by atoms with Gasteiger partial charge in [-0.2, -0.15) is 0 Å². The Morgan fingerprint density at radius 3 is 2.89 bits per heavy atom. The number of fused-ring (bicyclic) bond motifs is 1. The largest absolute Gasteiger partial charge is 0.490 e. The van der Waals surface area contributed by atoms with Crippen molar-refractivity contribution in [3.05, 3.63) is 28.2 Å². The van der Waals surface area contributed by atoms with Crippen LogP contribution in [0.5, 0.6) is 5.75 Å². The average molecular weight is 312 g/mol. The summed E-state index contributed by atoms with van der Waals surface area (Å²) in [7, 11) is 0. The molecule has 0 aliphatic carbocycles. The maximum absolute atomic E-state index is 6.10. The molecule has 0 fully saturated rings. The van der Waals surface area contributed by atoms with Crippen molar-refractivity contribution in [1.29, 1.82) is 0 Å². The summed E-state index contributed by atoms with van der Waals surface area (Å²) >= 11 is 3.55. The molecule has 1 heterocycles. The predicted octanol–water partition coefficient (Wildman–Crippen LogP) is 4.30. The number of benzene rings is 1. The Hall–Kier alpha value is -0.540. The SMILES string of the molecule is CCCNC1CC(C(C)C)Oc2ccc(Br)cc21. The van der Waals surface area contributed by atoms with Gasteiger partial charge >= 0.3 is 0 Å². The zero-order valence-electron chi connectivity index (χ0n) is 11.4. The lowest BCUT2D eigenvalue weighted by Gasteiger charge is -2.35. The maximum Gasteiger partial charge on any atom is 0.124 e. The molecule has 0 bridgehead atoms. The van der Waals surface area contributed by atoms with Crippen LogP contribution in [0.2, 0.25) is 0 Å². The molecular weight excluding hydrogens is 290 g/mol. The quantitative estimate of drug-likeness (QED) is 0.895. The normalized spacial score (nSPS) is 22.7. The topological polar surface area (TPSA) is 21.3 Å². The Morgan fingerprint density at radius 1 is 1.44 bits per heavy atom. The fourth-order valence-electron chi connectivity index (χ4n) is 2.39. The van der Waals surface area contributed by atoms with Gasteiger partial charge in [0.25, 0.3) is 0 Å². The van der Waals surface area contributed by atoms with Crippen LogP contribution in [0.1, 0.15) is 45.2 Å². The molecule has 0 saturated heterocycles. The molecule has 2 rings (SSSR count). The second-order valence-electron chi connectivity index (χ2n) is 5.32. The number of ether oxygens (including phenoxy) is 1. The van der Waals surface area contributed by atoms with Gasteiger partial charge in [0.1, 0.15) is 11.9 Å². The van der Waals surface area contributed by atoms with Crippen LogP contribution < -0.4 is 10.1 Å². The first-order valence-electron chi connectivity index (χ1n) is 6.81. The second kappa shape index (κ2) is 6.07. The third-order valence-electron chi connectivity index (χ3n) is 3.48. The van der Waals surface area contributed by atoms with Gasteiger partial charge in [0, 0.05) is 22.5 Å². The third-order valence-corrected chi connectivity index (χ3v) is 3.97. The molecule has 0 spiro atoms. The number of rotatable bonds is 4. The lowest BCUT2D eigenvalue weighted by atomic mass is 9.91. The van der Waals surface area contributed by atoms with Gasteiger partial charge in [-0.1, -0.05) is 36.7 Å². The fraction of sp³-hybridized carbons (Fsp3) is 0.600. The molecule has 100 valence electrons. The van der Waals surface area contributed by atoms with Crippen LogP contribution in [0.4, 0.5) is 0 Å². The molecule has 1 aromatic rings. The lowest BCUT2D eigenvalue weighted by Crippen LogP contribution is -2.36. The molecule has 1 aliphatic rings. The first-order chi connectivity index (χ1) is 8.61.